The van der Waals surface area contributed by atoms with Crippen LogP contribution in [0.5, 0.6) is 17.2 Å². The second kappa shape index (κ2) is 8.94. The zero-order chi connectivity index (χ0) is 18.3. The predicted molar refractivity (Wildman–Crippen MR) is 95.7 cm³/mol. The van der Waals surface area contributed by atoms with Gasteiger partial charge in [-0.25, -0.2) is 0 Å². The number of carbonyl (C=O) groups excluding carboxylic acids is 1. The first-order valence-electron chi connectivity index (χ1n) is 9.10. The largest absolute Gasteiger partial charge is 0.490 e. The first-order chi connectivity index (χ1) is 12.0. The van der Waals surface area contributed by atoms with E-state index in [1.54, 1.807) is 12.1 Å². The molecule has 1 fully saturated rings. The van der Waals surface area contributed by atoms with Crippen molar-refractivity contribution >= 4 is 5.91 Å². The van der Waals surface area contributed by atoms with Gasteiger partial charge in [-0.05, 0) is 45.7 Å². The fraction of sp³-hybridized carbons (Fsp3) is 0.632. The van der Waals surface area contributed by atoms with E-state index in [2.05, 4.69) is 5.32 Å². The Kier molecular flexibility index (Phi) is 6.93. The van der Waals surface area contributed by atoms with Crippen molar-refractivity contribution in [2.45, 2.75) is 52.1 Å². The summed E-state index contributed by atoms with van der Waals surface area (Å²) in [6.07, 6.45) is 3.45. The summed E-state index contributed by atoms with van der Waals surface area (Å²) in [4.78, 5) is 12.6. The number of rotatable bonds is 9. The van der Waals surface area contributed by atoms with Gasteiger partial charge in [0.05, 0.1) is 25.4 Å². The van der Waals surface area contributed by atoms with Gasteiger partial charge >= 0.3 is 0 Å². The summed E-state index contributed by atoms with van der Waals surface area (Å²) in [6, 6.07) is 3.32. The number of ether oxygens (including phenoxy) is 3. The number of hydrogen-bond acceptors (Lipinski definition) is 5. The summed E-state index contributed by atoms with van der Waals surface area (Å²) in [5, 5.41) is 13.2. The molecule has 0 aromatic heterocycles. The molecule has 2 rings (SSSR count). The molecule has 0 heterocycles. The van der Waals surface area contributed by atoms with Crippen molar-refractivity contribution in [1.82, 2.24) is 5.32 Å². The van der Waals surface area contributed by atoms with Gasteiger partial charge in [0, 0.05) is 12.1 Å². The highest BCUT2D eigenvalue weighted by atomic mass is 16.5. The zero-order valence-corrected chi connectivity index (χ0v) is 15.4. The number of amides is 1. The van der Waals surface area contributed by atoms with Crippen LogP contribution in [0.15, 0.2) is 12.1 Å². The maximum atomic E-state index is 12.6. The first kappa shape index (κ1) is 19.4. The van der Waals surface area contributed by atoms with E-state index < -0.39 is 5.60 Å². The Morgan fingerprint density at radius 1 is 1.04 bits per heavy atom. The first-order valence-corrected chi connectivity index (χ1v) is 9.10. The highest BCUT2D eigenvalue weighted by molar-refractivity contribution is 5.95. The Morgan fingerprint density at radius 2 is 1.56 bits per heavy atom. The number of aliphatic hydroxyl groups is 1. The van der Waals surface area contributed by atoms with E-state index in [-0.39, 0.29) is 12.5 Å². The SMILES string of the molecule is CCOc1cc(C(=O)NCC2(O)CCCC2)cc(OCC)c1OCC. The third kappa shape index (κ3) is 5.01. The van der Waals surface area contributed by atoms with Crippen LogP contribution in [0.3, 0.4) is 0 Å². The van der Waals surface area contributed by atoms with Crippen LogP contribution in [-0.4, -0.2) is 43.0 Å². The van der Waals surface area contributed by atoms with Crippen LogP contribution in [0.25, 0.3) is 0 Å². The molecule has 6 heteroatoms. The second-order valence-corrected chi connectivity index (χ2v) is 6.21. The molecule has 1 aromatic rings. The molecule has 0 spiro atoms. The summed E-state index contributed by atoms with van der Waals surface area (Å²) >= 11 is 0. The van der Waals surface area contributed by atoms with Crippen LogP contribution in [0.4, 0.5) is 0 Å². The smallest absolute Gasteiger partial charge is 0.251 e. The van der Waals surface area contributed by atoms with Gasteiger partial charge in [-0.15, -0.1) is 0 Å². The van der Waals surface area contributed by atoms with E-state index in [1.165, 1.54) is 0 Å². The van der Waals surface area contributed by atoms with Crippen molar-refractivity contribution in [3.8, 4) is 17.2 Å². The summed E-state index contributed by atoms with van der Waals surface area (Å²) < 4.78 is 16.9. The quantitative estimate of drug-likeness (QED) is 0.715. The normalized spacial score (nSPS) is 15.7. The van der Waals surface area contributed by atoms with E-state index in [4.69, 9.17) is 14.2 Å². The molecule has 6 nitrogen and oxygen atoms in total. The molecule has 0 bridgehead atoms. The third-order valence-corrected chi connectivity index (χ3v) is 4.28. The molecule has 25 heavy (non-hydrogen) atoms. The Hall–Kier alpha value is -1.95. The van der Waals surface area contributed by atoms with Gasteiger partial charge in [0.25, 0.3) is 5.91 Å². The molecule has 1 aromatic carbocycles. The van der Waals surface area contributed by atoms with Gasteiger partial charge in [-0.3, -0.25) is 4.79 Å². The Labute approximate surface area is 149 Å². The van der Waals surface area contributed by atoms with Gasteiger partial charge in [-0.1, -0.05) is 12.8 Å². The fourth-order valence-corrected chi connectivity index (χ4v) is 3.08. The topological polar surface area (TPSA) is 77.0 Å². The van der Waals surface area contributed by atoms with Crippen molar-refractivity contribution < 1.29 is 24.1 Å². The summed E-state index contributed by atoms with van der Waals surface area (Å²) in [7, 11) is 0. The maximum Gasteiger partial charge on any atom is 0.251 e. The van der Waals surface area contributed by atoms with Crippen molar-refractivity contribution in [3.63, 3.8) is 0 Å². The van der Waals surface area contributed by atoms with Crippen LogP contribution < -0.4 is 19.5 Å². The number of hydrogen-bond donors (Lipinski definition) is 2. The van der Waals surface area contributed by atoms with Gasteiger partial charge in [0.15, 0.2) is 11.5 Å². The van der Waals surface area contributed by atoms with E-state index in [0.717, 1.165) is 25.7 Å². The highest BCUT2D eigenvalue weighted by Crippen LogP contribution is 2.39. The molecule has 0 atom stereocenters. The van der Waals surface area contributed by atoms with Crippen LogP contribution in [0, 0.1) is 0 Å². The van der Waals surface area contributed by atoms with Crippen LogP contribution in [0.2, 0.25) is 0 Å². The van der Waals surface area contributed by atoms with Gasteiger partial charge in [0.2, 0.25) is 5.75 Å². The molecule has 1 aliphatic rings. The van der Waals surface area contributed by atoms with E-state index in [1.807, 2.05) is 20.8 Å². The molecule has 1 saturated carbocycles. The summed E-state index contributed by atoms with van der Waals surface area (Å²) in [5.41, 5.74) is -0.358. The Bertz CT molecular complexity index is 554. The third-order valence-electron chi connectivity index (χ3n) is 4.28. The minimum Gasteiger partial charge on any atom is -0.490 e. The van der Waals surface area contributed by atoms with E-state index in [9.17, 15) is 9.90 Å². The molecule has 2 N–H and O–H groups in total. The minimum atomic E-state index is -0.785. The molecule has 0 radical (unpaired) electrons. The number of benzene rings is 1. The maximum absolute atomic E-state index is 12.6. The minimum absolute atomic E-state index is 0.257. The molecule has 1 amide bonds. The molecule has 0 aliphatic heterocycles. The second-order valence-electron chi connectivity index (χ2n) is 6.21. The average molecular weight is 351 g/mol. The van der Waals surface area contributed by atoms with Crippen LogP contribution in [-0.2, 0) is 0 Å². The van der Waals surface area contributed by atoms with Gasteiger partial charge < -0.3 is 24.6 Å². The lowest BCUT2D eigenvalue weighted by molar-refractivity contribution is 0.0449. The number of carbonyl (C=O) groups is 1. The zero-order valence-electron chi connectivity index (χ0n) is 15.4. The lowest BCUT2D eigenvalue weighted by atomic mass is 10.0. The molecule has 140 valence electrons. The van der Waals surface area contributed by atoms with E-state index >= 15 is 0 Å². The lowest BCUT2D eigenvalue weighted by Crippen LogP contribution is -2.40. The van der Waals surface area contributed by atoms with E-state index in [0.29, 0.717) is 42.6 Å². The van der Waals surface area contributed by atoms with Crippen LogP contribution in [0.1, 0.15) is 56.8 Å². The monoisotopic (exact) mass is 351 g/mol. The Morgan fingerprint density at radius 3 is 2.04 bits per heavy atom. The molecular formula is C19H29NO5. The van der Waals surface area contributed by atoms with Crippen molar-refractivity contribution in [2.24, 2.45) is 0 Å². The molecule has 0 unspecified atom stereocenters. The van der Waals surface area contributed by atoms with Crippen molar-refractivity contribution in [1.29, 1.82) is 0 Å². The van der Waals surface area contributed by atoms with Crippen molar-refractivity contribution in [2.75, 3.05) is 26.4 Å². The summed E-state index contributed by atoms with van der Waals surface area (Å²) in [5.74, 6) is 1.22. The molecular weight excluding hydrogens is 322 g/mol. The predicted octanol–water partition coefficient (Wildman–Crippen LogP) is 2.92. The summed E-state index contributed by atoms with van der Waals surface area (Å²) in [6.45, 7) is 7.27. The molecule has 0 saturated heterocycles. The van der Waals surface area contributed by atoms with Gasteiger partial charge in [-0.2, -0.15) is 0 Å². The van der Waals surface area contributed by atoms with Crippen molar-refractivity contribution in [3.05, 3.63) is 17.7 Å². The number of nitrogens with one attached hydrogen (secondary N) is 1. The Balaban J connectivity index is 2.21. The fourth-order valence-electron chi connectivity index (χ4n) is 3.08. The van der Waals surface area contributed by atoms with Gasteiger partial charge in [0.1, 0.15) is 0 Å². The average Bonchev–Trinajstić information content (AvgIpc) is 3.03. The molecule has 1 aliphatic carbocycles. The van der Waals surface area contributed by atoms with Crippen LogP contribution >= 0.6 is 0 Å². The lowest BCUT2D eigenvalue weighted by Gasteiger charge is -2.22. The standard InChI is InChI=1S/C19H29NO5/c1-4-23-15-11-14(12-16(24-5-2)17(15)25-6-3)18(21)20-13-19(22)9-7-8-10-19/h11-12,22H,4-10,13H2,1-3H3,(H,20,21). The highest BCUT2D eigenvalue weighted by Gasteiger charge is 2.31.